The molecule has 0 bridgehead atoms. The molecule has 3 heterocycles. The van der Waals surface area contributed by atoms with Gasteiger partial charge in [-0.25, -0.2) is 9.36 Å². The van der Waals surface area contributed by atoms with Crippen LogP contribution in [-0.2, 0) is 16.7 Å². The minimum atomic E-state index is -0.755. The molecular formula is C23H29N3O2. The van der Waals surface area contributed by atoms with Crippen LogP contribution in [0.3, 0.4) is 0 Å². The number of carbonyl (C=O) groups excluding carboxylic acids is 1. The van der Waals surface area contributed by atoms with Crippen LogP contribution in [-0.4, -0.2) is 34.3 Å². The molecule has 0 unspecified atom stereocenters. The van der Waals surface area contributed by atoms with E-state index in [2.05, 4.69) is 24.0 Å². The molecule has 0 saturated carbocycles. The highest BCUT2D eigenvalue weighted by Crippen LogP contribution is 2.47. The van der Waals surface area contributed by atoms with Crippen LogP contribution in [0, 0.1) is 17.2 Å². The van der Waals surface area contributed by atoms with E-state index >= 15 is 0 Å². The van der Waals surface area contributed by atoms with E-state index in [1.165, 1.54) is 0 Å². The van der Waals surface area contributed by atoms with Crippen molar-refractivity contribution in [1.82, 2.24) is 9.47 Å². The number of aromatic nitrogens is 1. The fourth-order valence-corrected chi connectivity index (χ4v) is 4.93. The van der Waals surface area contributed by atoms with Gasteiger partial charge in [-0.15, -0.1) is 0 Å². The lowest BCUT2D eigenvalue weighted by atomic mass is 9.76. The maximum atomic E-state index is 13.3. The lowest BCUT2D eigenvalue weighted by molar-refractivity contribution is 0.0332. The molecule has 5 heteroatoms. The molecule has 5 nitrogen and oxygen atoms in total. The van der Waals surface area contributed by atoms with Crippen LogP contribution < -0.4 is 0 Å². The summed E-state index contributed by atoms with van der Waals surface area (Å²) >= 11 is 0. The third kappa shape index (κ3) is 2.82. The van der Waals surface area contributed by atoms with Crippen LogP contribution >= 0.6 is 0 Å². The smallest absolute Gasteiger partial charge is 0.419 e. The lowest BCUT2D eigenvalue weighted by Crippen LogP contribution is -2.55. The van der Waals surface area contributed by atoms with Crippen LogP contribution in [0.25, 0.3) is 10.9 Å². The first kappa shape index (κ1) is 19.0. The molecule has 2 aromatic rings. The number of ether oxygens (including phenoxy) is 1. The fraction of sp³-hybridized carbons (Fsp3) is 0.565. The Morgan fingerprint density at radius 1 is 1.36 bits per heavy atom. The molecule has 1 saturated heterocycles. The zero-order valence-corrected chi connectivity index (χ0v) is 17.3. The molecule has 2 atom stereocenters. The normalized spacial score (nSPS) is 25.0. The second-order valence-corrected chi connectivity index (χ2v) is 9.14. The second-order valence-electron chi connectivity index (χ2n) is 9.14. The number of carbonyl (C=O) groups is 1. The van der Waals surface area contributed by atoms with Crippen molar-refractivity contribution in [1.29, 1.82) is 5.26 Å². The van der Waals surface area contributed by atoms with Crippen molar-refractivity contribution in [3.8, 4) is 6.07 Å². The van der Waals surface area contributed by atoms with Crippen LogP contribution in [0.2, 0.25) is 0 Å². The number of hydrogen-bond acceptors (Lipinski definition) is 4. The molecule has 1 aromatic heterocycles. The van der Waals surface area contributed by atoms with Gasteiger partial charge in [0, 0.05) is 18.5 Å². The van der Waals surface area contributed by atoms with Crippen molar-refractivity contribution in [3.63, 3.8) is 0 Å². The molecule has 148 valence electrons. The van der Waals surface area contributed by atoms with Crippen molar-refractivity contribution in [2.45, 2.75) is 64.5 Å². The van der Waals surface area contributed by atoms with E-state index in [1.54, 1.807) is 4.57 Å². The first-order valence-corrected chi connectivity index (χ1v) is 10.3. The Labute approximate surface area is 166 Å². The summed E-state index contributed by atoms with van der Waals surface area (Å²) in [6.07, 6.45) is 3.36. The Hall–Kier alpha value is -2.32. The van der Waals surface area contributed by atoms with E-state index in [-0.39, 0.29) is 6.09 Å². The minimum absolute atomic E-state index is 0.390. The molecule has 2 aliphatic rings. The SMILES string of the molecule is CC[C@@H]1CC[C@@]2(C#N)c3c(c4ccccc4n3C(=O)OC(C)(C)C)CCN2C1. The topological polar surface area (TPSA) is 58.3 Å². The summed E-state index contributed by atoms with van der Waals surface area (Å²) in [7, 11) is 0. The highest BCUT2D eigenvalue weighted by Gasteiger charge is 2.50. The number of nitriles is 1. The van der Waals surface area contributed by atoms with Gasteiger partial charge in [-0.2, -0.15) is 5.26 Å². The third-order valence-electron chi connectivity index (χ3n) is 6.27. The first-order valence-electron chi connectivity index (χ1n) is 10.3. The van der Waals surface area contributed by atoms with Crippen LogP contribution in [0.15, 0.2) is 24.3 Å². The highest BCUT2D eigenvalue weighted by atomic mass is 16.6. The molecule has 0 radical (unpaired) electrons. The van der Waals surface area contributed by atoms with E-state index < -0.39 is 11.1 Å². The maximum absolute atomic E-state index is 13.3. The van der Waals surface area contributed by atoms with Crippen LogP contribution in [0.5, 0.6) is 0 Å². The number of rotatable bonds is 1. The van der Waals surface area contributed by atoms with E-state index in [4.69, 9.17) is 4.74 Å². The largest absolute Gasteiger partial charge is 0.443 e. The molecule has 2 aliphatic heterocycles. The Morgan fingerprint density at radius 2 is 2.11 bits per heavy atom. The Bertz CT molecular complexity index is 963. The summed E-state index contributed by atoms with van der Waals surface area (Å²) in [5, 5.41) is 11.5. The standard InChI is InChI=1S/C23H29N3O2/c1-5-16-10-12-23(15-24)20-18(11-13-25(23)14-16)17-8-6-7-9-19(17)26(20)21(27)28-22(2,3)4/h6-9,16H,5,10-14H2,1-4H3/t16-,23-/m1/s1. The zero-order valence-electron chi connectivity index (χ0n) is 17.3. The summed E-state index contributed by atoms with van der Waals surface area (Å²) in [5.41, 5.74) is 1.47. The first-order chi connectivity index (χ1) is 13.3. The predicted molar refractivity (Wildman–Crippen MR) is 109 cm³/mol. The quantitative estimate of drug-likeness (QED) is 0.713. The summed E-state index contributed by atoms with van der Waals surface area (Å²) < 4.78 is 7.46. The zero-order chi connectivity index (χ0) is 20.1. The second kappa shape index (κ2) is 6.63. The molecule has 4 rings (SSSR count). The Balaban J connectivity index is 1.95. The van der Waals surface area contributed by atoms with Crippen molar-refractivity contribution < 1.29 is 9.53 Å². The number of nitrogens with zero attached hydrogens (tertiary/aromatic N) is 3. The lowest BCUT2D eigenvalue weighted by Gasteiger charge is -2.48. The summed E-state index contributed by atoms with van der Waals surface area (Å²) in [5.74, 6) is 0.613. The van der Waals surface area contributed by atoms with Gasteiger partial charge in [-0.3, -0.25) is 4.90 Å². The van der Waals surface area contributed by atoms with Gasteiger partial charge < -0.3 is 4.74 Å². The summed E-state index contributed by atoms with van der Waals surface area (Å²) in [6.45, 7) is 9.63. The molecule has 0 amide bonds. The van der Waals surface area contributed by atoms with E-state index in [9.17, 15) is 10.1 Å². The summed E-state index contributed by atoms with van der Waals surface area (Å²) in [4.78, 5) is 15.6. The number of piperidine rings is 1. The van der Waals surface area contributed by atoms with Gasteiger partial charge in [0.05, 0.1) is 17.3 Å². The van der Waals surface area contributed by atoms with Gasteiger partial charge in [-0.05, 0) is 57.6 Å². The molecule has 0 spiro atoms. The predicted octanol–water partition coefficient (Wildman–Crippen LogP) is 4.82. The fourth-order valence-electron chi connectivity index (χ4n) is 4.93. The van der Waals surface area contributed by atoms with Crippen molar-refractivity contribution >= 4 is 17.0 Å². The Morgan fingerprint density at radius 3 is 2.79 bits per heavy atom. The molecule has 0 aliphatic carbocycles. The van der Waals surface area contributed by atoms with Crippen molar-refractivity contribution in [2.75, 3.05) is 13.1 Å². The molecular weight excluding hydrogens is 350 g/mol. The third-order valence-corrected chi connectivity index (χ3v) is 6.27. The van der Waals surface area contributed by atoms with Gasteiger partial charge in [0.15, 0.2) is 5.54 Å². The van der Waals surface area contributed by atoms with Gasteiger partial charge in [0.2, 0.25) is 0 Å². The van der Waals surface area contributed by atoms with Gasteiger partial charge in [0.25, 0.3) is 0 Å². The average Bonchev–Trinajstić information content (AvgIpc) is 3.01. The minimum Gasteiger partial charge on any atom is -0.443 e. The Kier molecular flexibility index (Phi) is 4.50. The van der Waals surface area contributed by atoms with Crippen LogP contribution in [0.4, 0.5) is 4.79 Å². The molecule has 28 heavy (non-hydrogen) atoms. The van der Waals surface area contributed by atoms with E-state index in [0.29, 0.717) is 5.92 Å². The average molecular weight is 380 g/mol. The van der Waals surface area contributed by atoms with E-state index in [0.717, 1.165) is 60.9 Å². The number of fused-ring (bicyclic) bond motifs is 5. The number of benzene rings is 1. The van der Waals surface area contributed by atoms with Crippen molar-refractivity contribution in [3.05, 3.63) is 35.5 Å². The number of hydrogen-bond donors (Lipinski definition) is 0. The highest BCUT2D eigenvalue weighted by molar-refractivity contribution is 5.94. The monoisotopic (exact) mass is 379 g/mol. The van der Waals surface area contributed by atoms with Gasteiger partial charge in [0.1, 0.15) is 5.60 Å². The number of para-hydroxylation sites is 1. The molecule has 1 aromatic carbocycles. The van der Waals surface area contributed by atoms with Crippen molar-refractivity contribution in [2.24, 2.45) is 5.92 Å². The van der Waals surface area contributed by atoms with Crippen LogP contribution in [0.1, 0.15) is 58.2 Å². The molecule has 1 fully saturated rings. The maximum Gasteiger partial charge on any atom is 0.419 e. The van der Waals surface area contributed by atoms with E-state index in [1.807, 2.05) is 39.0 Å². The van der Waals surface area contributed by atoms with Gasteiger partial charge in [-0.1, -0.05) is 31.5 Å². The summed E-state index contributed by atoms with van der Waals surface area (Å²) in [6, 6.07) is 10.6. The molecule has 0 N–H and O–H groups in total. The van der Waals surface area contributed by atoms with Gasteiger partial charge >= 0.3 is 6.09 Å².